The zero-order valence-electron chi connectivity index (χ0n) is 17.5. The quantitative estimate of drug-likeness (QED) is 0.454. The summed E-state index contributed by atoms with van der Waals surface area (Å²) in [7, 11) is 1.85. The molecule has 3 rings (SSSR count). The zero-order chi connectivity index (χ0) is 22.2. The number of halogens is 1. The molecule has 0 aliphatic carbocycles. The molecule has 0 saturated heterocycles. The lowest BCUT2D eigenvalue weighted by molar-refractivity contribution is -0.154. The Hall–Kier alpha value is -3.12. The summed E-state index contributed by atoms with van der Waals surface area (Å²) >= 11 is 6.01. The number of nitrogens with zero attached hydrogens (tertiary/aromatic N) is 2. The van der Waals surface area contributed by atoms with Gasteiger partial charge in [-0.05, 0) is 30.2 Å². The number of esters is 2. The average molecular weight is 441 g/mol. The van der Waals surface area contributed by atoms with Gasteiger partial charge < -0.3 is 14.0 Å². The minimum atomic E-state index is -0.713. The Bertz CT molecular complexity index is 1020. The summed E-state index contributed by atoms with van der Waals surface area (Å²) in [6, 6.07) is 16.0. The average Bonchev–Trinajstić information content (AvgIpc) is 3.17. The fourth-order valence-corrected chi connectivity index (χ4v) is 3.48. The molecule has 0 aliphatic heterocycles. The molecule has 6 nitrogen and oxygen atoms in total. The van der Waals surface area contributed by atoms with Crippen molar-refractivity contribution in [3.05, 3.63) is 89.0 Å². The highest BCUT2D eigenvalue weighted by Crippen LogP contribution is 2.22. The monoisotopic (exact) mass is 440 g/mol. The van der Waals surface area contributed by atoms with E-state index in [0.717, 1.165) is 11.3 Å². The summed E-state index contributed by atoms with van der Waals surface area (Å²) in [6.45, 7) is 2.04. The number of aromatic nitrogens is 2. The second-order valence-electron chi connectivity index (χ2n) is 7.26. The Morgan fingerprint density at radius 3 is 2.55 bits per heavy atom. The van der Waals surface area contributed by atoms with Crippen molar-refractivity contribution in [1.29, 1.82) is 0 Å². The van der Waals surface area contributed by atoms with Crippen LogP contribution >= 0.6 is 11.6 Å². The third-order valence-corrected chi connectivity index (χ3v) is 5.30. The lowest BCUT2D eigenvalue weighted by Crippen LogP contribution is -2.35. The summed E-state index contributed by atoms with van der Waals surface area (Å²) in [5.74, 6) is -1.57. The van der Waals surface area contributed by atoms with Crippen LogP contribution in [0.1, 0.15) is 35.0 Å². The largest absolute Gasteiger partial charge is 0.460 e. The highest BCUT2D eigenvalue weighted by Gasteiger charge is 2.32. The molecule has 0 amide bonds. The molecule has 31 heavy (non-hydrogen) atoms. The molecule has 0 unspecified atom stereocenters. The van der Waals surface area contributed by atoms with E-state index < -0.39 is 24.0 Å². The Morgan fingerprint density at radius 2 is 1.90 bits per heavy atom. The molecule has 0 fully saturated rings. The van der Waals surface area contributed by atoms with Crippen LogP contribution in [-0.4, -0.2) is 27.6 Å². The van der Waals surface area contributed by atoms with Gasteiger partial charge >= 0.3 is 11.9 Å². The first-order chi connectivity index (χ1) is 15.0. The molecule has 2 atom stereocenters. The minimum absolute atomic E-state index is 0.164. The van der Waals surface area contributed by atoms with Gasteiger partial charge in [-0.1, -0.05) is 54.9 Å². The number of aryl methyl sites for hydroxylation is 1. The first kappa shape index (κ1) is 22.6. The number of carbonyl (C=O) groups is 2. The van der Waals surface area contributed by atoms with Crippen LogP contribution in [0, 0.1) is 5.92 Å². The van der Waals surface area contributed by atoms with E-state index in [1.54, 1.807) is 36.8 Å². The van der Waals surface area contributed by atoms with Crippen molar-refractivity contribution in [1.82, 2.24) is 9.55 Å². The molecule has 0 spiro atoms. The van der Waals surface area contributed by atoms with Crippen molar-refractivity contribution >= 4 is 23.5 Å². The maximum atomic E-state index is 12.9. The molecule has 3 aromatic rings. The lowest BCUT2D eigenvalue weighted by atomic mass is 9.95. The van der Waals surface area contributed by atoms with Crippen LogP contribution < -0.4 is 0 Å². The number of hydrogen-bond donors (Lipinski definition) is 0. The highest BCUT2D eigenvalue weighted by molar-refractivity contribution is 6.30. The maximum absolute atomic E-state index is 12.9. The third kappa shape index (κ3) is 6.18. The molecule has 1 heterocycles. The van der Waals surface area contributed by atoms with Crippen LogP contribution in [0.25, 0.3) is 0 Å². The van der Waals surface area contributed by atoms with Gasteiger partial charge in [-0.2, -0.15) is 0 Å². The Labute approximate surface area is 186 Å². The predicted octanol–water partition coefficient (Wildman–Crippen LogP) is 4.61. The molecule has 0 bridgehead atoms. The van der Waals surface area contributed by atoms with Gasteiger partial charge in [-0.3, -0.25) is 4.79 Å². The highest BCUT2D eigenvalue weighted by atomic mass is 35.5. The number of carbonyl (C=O) groups excluding carboxylic acids is 2. The van der Waals surface area contributed by atoms with Gasteiger partial charge in [-0.25, -0.2) is 9.78 Å². The Balaban J connectivity index is 1.78. The van der Waals surface area contributed by atoms with E-state index in [4.69, 9.17) is 21.1 Å². The molecule has 0 radical (unpaired) electrons. The second kappa shape index (κ2) is 10.8. The number of benzene rings is 2. The smallest absolute Gasteiger partial charge is 0.338 e. The number of imidazole rings is 1. The second-order valence-corrected chi connectivity index (χ2v) is 7.70. The first-order valence-corrected chi connectivity index (χ1v) is 10.5. The van der Waals surface area contributed by atoms with Gasteiger partial charge in [0.1, 0.15) is 12.7 Å². The topological polar surface area (TPSA) is 70.4 Å². The third-order valence-electron chi connectivity index (χ3n) is 5.06. The van der Waals surface area contributed by atoms with Crippen LogP contribution in [0.3, 0.4) is 0 Å². The normalized spacial score (nSPS) is 12.7. The molecule has 0 N–H and O–H groups in total. The predicted molar refractivity (Wildman–Crippen MR) is 118 cm³/mol. The SMILES string of the molecule is CC[C@H](C(=O)OCc1ccccc1)[C@@H](Cc1cncn1C)OC(=O)c1cccc(Cl)c1. The van der Waals surface area contributed by atoms with Crippen LogP contribution in [0.2, 0.25) is 5.02 Å². The van der Waals surface area contributed by atoms with E-state index in [2.05, 4.69) is 4.98 Å². The zero-order valence-corrected chi connectivity index (χ0v) is 18.3. The van der Waals surface area contributed by atoms with E-state index in [9.17, 15) is 9.59 Å². The lowest BCUT2D eigenvalue weighted by Gasteiger charge is -2.25. The summed E-state index contributed by atoms with van der Waals surface area (Å²) < 4.78 is 13.2. The van der Waals surface area contributed by atoms with Crippen molar-refractivity contribution in [2.45, 2.75) is 32.5 Å². The van der Waals surface area contributed by atoms with Crippen LogP contribution in [0.4, 0.5) is 0 Å². The fraction of sp³-hybridized carbons (Fsp3) is 0.292. The molecule has 1 aromatic heterocycles. The maximum Gasteiger partial charge on any atom is 0.338 e. The van der Waals surface area contributed by atoms with Gasteiger partial charge in [0, 0.05) is 30.4 Å². The molecule has 7 heteroatoms. The van der Waals surface area contributed by atoms with Crippen LogP contribution in [0.15, 0.2) is 67.1 Å². The molecule has 2 aromatic carbocycles. The summed E-state index contributed by atoms with van der Waals surface area (Å²) in [6.07, 6.45) is 3.44. The molecular weight excluding hydrogens is 416 g/mol. The van der Waals surface area contributed by atoms with Gasteiger partial charge in [0.15, 0.2) is 0 Å². The van der Waals surface area contributed by atoms with Crippen LogP contribution in [-0.2, 0) is 34.3 Å². The number of rotatable bonds is 9. The van der Waals surface area contributed by atoms with Gasteiger partial charge in [0.2, 0.25) is 0 Å². The van der Waals surface area contributed by atoms with E-state index >= 15 is 0 Å². The van der Waals surface area contributed by atoms with Gasteiger partial charge in [0.05, 0.1) is 17.8 Å². The first-order valence-electron chi connectivity index (χ1n) is 10.1. The van der Waals surface area contributed by atoms with E-state index in [-0.39, 0.29) is 6.61 Å². The number of hydrogen-bond acceptors (Lipinski definition) is 5. The van der Waals surface area contributed by atoms with Crippen molar-refractivity contribution in [2.75, 3.05) is 0 Å². The van der Waals surface area contributed by atoms with E-state index in [1.807, 2.05) is 48.9 Å². The van der Waals surface area contributed by atoms with Crippen molar-refractivity contribution in [2.24, 2.45) is 13.0 Å². The summed E-state index contributed by atoms with van der Waals surface area (Å²) in [5.41, 5.74) is 2.07. The molecule has 162 valence electrons. The molecule has 0 aliphatic rings. The van der Waals surface area contributed by atoms with E-state index in [0.29, 0.717) is 23.4 Å². The van der Waals surface area contributed by atoms with Gasteiger partial charge in [0.25, 0.3) is 0 Å². The van der Waals surface area contributed by atoms with Crippen molar-refractivity contribution < 1.29 is 19.1 Å². The van der Waals surface area contributed by atoms with Crippen molar-refractivity contribution in [3.8, 4) is 0 Å². The summed E-state index contributed by atoms with van der Waals surface area (Å²) in [4.78, 5) is 29.8. The molecular formula is C24H25ClN2O4. The minimum Gasteiger partial charge on any atom is -0.460 e. The number of ether oxygens (including phenoxy) is 2. The Morgan fingerprint density at radius 1 is 1.13 bits per heavy atom. The van der Waals surface area contributed by atoms with Crippen LogP contribution in [0.5, 0.6) is 0 Å². The van der Waals surface area contributed by atoms with Crippen molar-refractivity contribution in [3.63, 3.8) is 0 Å². The Kier molecular flexibility index (Phi) is 7.84. The van der Waals surface area contributed by atoms with E-state index in [1.165, 1.54) is 0 Å². The summed E-state index contributed by atoms with van der Waals surface area (Å²) in [5, 5.41) is 0.437. The standard InChI is InChI=1S/C24H25ClN2O4/c1-3-21(24(29)30-15-17-8-5-4-6-9-17)22(13-20-14-26-16-27(20)2)31-23(28)18-10-7-11-19(25)12-18/h4-12,14,16,21-22H,3,13,15H2,1-2H3/t21-,22+/m0/s1. The fourth-order valence-electron chi connectivity index (χ4n) is 3.29. The molecule has 0 saturated carbocycles. The van der Waals surface area contributed by atoms with Gasteiger partial charge in [-0.15, -0.1) is 0 Å².